The highest BCUT2D eigenvalue weighted by molar-refractivity contribution is 6.33. The molecule has 0 saturated heterocycles. The molecular weight excluding hydrogens is 224 g/mol. The van der Waals surface area contributed by atoms with Crippen molar-refractivity contribution in [3.63, 3.8) is 0 Å². The molecule has 0 saturated carbocycles. The maximum absolute atomic E-state index is 8.77. The molecule has 4 nitrogen and oxygen atoms in total. The molecule has 0 fully saturated rings. The van der Waals surface area contributed by atoms with E-state index >= 15 is 0 Å². The number of halogens is 1. The van der Waals surface area contributed by atoms with E-state index in [0.717, 1.165) is 0 Å². The topological polar surface area (TPSA) is 61.6 Å². The first-order valence-corrected chi connectivity index (χ1v) is 4.90. The lowest BCUT2D eigenvalue weighted by Gasteiger charge is -2.06. The lowest BCUT2D eigenvalue weighted by Crippen LogP contribution is -1.94. The van der Waals surface area contributed by atoms with E-state index in [-0.39, 0.29) is 0 Å². The lowest BCUT2D eigenvalue weighted by molar-refractivity contribution is 1.20. The number of aromatic nitrogens is 2. The zero-order chi connectivity index (χ0) is 11.4. The quantitative estimate of drug-likeness (QED) is 0.862. The molecule has 0 atom stereocenters. The molecule has 0 aliphatic heterocycles. The Morgan fingerprint density at radius 3 is 2.88 bits per heavy atom. The monoisotopic (exact) mass is 230 g/mol. The van der Waals surface area contributed by atoms with Crippen LogP contribution in [0.15, 0.2) is 36.8 Å². The molecule has 0 bridgehead atoms. The third kappa shape index (κ3) is 2.27. The van der Waals surface area contributed by atoms with Crippen molar-refractivity contribution in [1.82, 2.24) is 9.97 Å². The predicted octanol–water partition coefficient (Wildman–Crippen LogP) is 2.75. The van der Waals surface area contributed by atoms with E-state index in [0.29, 0.717) is 22.1 Å². The van der Waals surface area contributed by atoms with Crippen LogP contribution in [0.3, 0.4) is 0 Å². The molecule has 0 radical (unpaired) electrons. The van der Waals surface area contributed by atoms with Gasteiger partial charge in [0, 0.05) is 12.4 Å². The van der Waals surface area contributed by atoms with Crippen molar-refractivity contribution in [2.75, 3.05) is 5.32 Å². The zero-order valence-electron chi connectivity index (χ0n) is 8.18. The summed E-state index contributed by atoms with van der Waals surface area (Å²) in [6, 6.07) is 7.03. The fourth-order valence-electron chi connectivity index (χ4n) is 1.19. The second kappa shape index (κ2) is 4.60. The molecule has 16 heavy (non-hydrogen) atoms. The average molecular weight is 231 g/mol. The molecule has 1 heterocycles. The second-order valence-electron chi connectivity index (χ2n) is 3.02. The van der Waals surface area contributed by atoms with Crippen LogP contribution in [-0.4, -0.2) is 9.97 Å². The summed E-state index contributed by atoms with van der Waals surface area (Å²) in [5, 5.41) is 12.3. The van der Waals surface area contributed by atoms with Crippen LogP contribution < -0.4 is 5.32 Å². The number of benzene rings is 1. The largest absolute Gasteiger partial charge is 0.338 e. The number of nitrogens with zero attached hydrogens (tertiary/aromatic N) is 3. The van der Waals surface area contributed by atoms with Crippen molar-refractivity contribution >= 4 is 23.1 Å². The maximum Gasteiger partial charge on any atom is 0.148 e. The molecule has 0 aliphatic rings. The molecule has 0 spiro atoms. The van der Waals surface area contributed by atoms with E-state index in [9.17, 15) is 0 Å². The third-order valence-corrected chi connectivity index (χ3v) is 2.25. The van der Waals surface area contributed by atoms with E-state index in [1.807, 2.05) is 6.07 Å². The Hall–Kier alpha value is -2.12. The predicted molar refractivity (Wildman–Crippen MR) is 61.5 cm³/mol. The molecule has 2 rings (SSSR count). The average Bonchev–Trinajstić information content (AvgIpc) is 2.33. The van der Waals surface area contributed by atoms with E-state index < -0.39 is 0 Å². The standard InChI is InChI=1S/C11H7ClN4/c12-9-2-1-8(6-13)5-10(9)16-11-7-14-3-4-15-11/h1-5,7H,(H,15,16). The van der Waals surface area contributed by atoms with Gasteiger partial charge in [-0.25, -0.2) is 4.98 Å². The van der Waals surface area contributed by atoms with Crippen LogP contribution in [0.1, 0.15) is 5.56 Å². The van der Waals surface area contributed by atoms with Gasteiger partial charge in [-0.2, -0.15) is 5.26 Å². The first kappa shape index (κ1) is 10.4. The summed E-state index contributed by atoms with van der Waals surface area (Å²) in [5.41, 5.74) is 1.18. The van der Waals surface area contributed by atoms with Crippen LogP contribution in [0.5, 0.6) is 0 Å². The second-order valence-corrected chi connectivity index (χ2v) is 3.43. The summed E-state index contributed by atoms with van der Waals surface area (Å²) in [6.45, 7) is 0. The van der Waals surface area contributed by atoms with E-state index in [2.05, 4.69) is 15.3 Å². The minimum absolute atomic E-state index is 0.532. The minimum Gasteiger partial charge on any atom is -0.338 e. The van der Waals surface area contributed by atoms with Crippen LogP contribution in [-0.2, 0) is 0 Å². The molecule has 78 valence electrons. The molecule has 1 aromatic heterocycles. The summed E-state index contributed by atoms with van der Waals surface area (Å²) in [4.78, 5) is 7.98. The molecular formula is C11H7ClN4. The summed E-state index contributed by atoms with van der Waals surface area (Å²) in [7, 11) is 0. The summed E-state index contributed by atoms with van der Waals surface area (Å²) < 4.78 is 0. The van der Waals surface area contributed by atoms with Crippen LogP contribution in [0.2, 0.25) is 5.02 Å². The Morgan fingerprint density at radius 1 is 1.31 bits per heavy atom. The molecule has 0 unspecified atom stereocenters. The van der Waals surface area contributed by atoms with Crippen molar-refractivity contribution in [3.05, 3.63) is 47.4 Å². The first-order chi connectivity index (χ1) is 7.79. The molecule has 1 aromatic carbocycles. The minimum atomic E-state index is 0.532. The van der Waals surface area contributed by atoms with Gasteiger partial charge in [-0.3, -0.25) is 4.98 Å². The molecule has 5 heteroatoms. The van der Waals surface area contributed by atoms with Gasteiger partial charge in [0.15, 0.2) is 0 Å². The van der Waals surface area contributed by atoms with Gasteiger partial charge in [-0.1, -0.05) is 11.6 Å². The van der Waals surface area contributed by atoms with Crippen molar-refractivity contribution in [3.8, 4) is 6.07 Å². The number of anilines is 2. The van der Waals surface area contributed by atoms with Gasteiger partial charge in [0.05, 0.1) is 28.5 Å². The molecule has 0 amide bonds. The number of hydrogen-bond donors (Lipinski definition) is 1. The zero-order valence-corrected chi connectivity index (χ0v) is 8.94. The van der Waals surface area contributed by atoms with Crippen LogP contribution >= 0.6 is 11.6 Å². The fraction of sp³-hybridized carbons (Fsp3) is 0. The Balaban J connectivity index is 2.31. The van der Waals surface area contributed by atoms with Gasteiger partial charge >= 0.3 is 0 Å². The van der Waals surface area contributed by atoms with Crippen molar-refractivity contribution in [1.29, 1.82) is 5.26 Å². The summed E-state index contributed by atoms with van der Waals surface area (Å²) in [6.07, 6.45) is 4.73. The van der Waals surface area contributed by atoms with Gasteiger partial charge in [-0.05, 0) is 18.2 Å². The Bertz CT molecular complexity index is 533. The van der Waals surface area contributed by atoms with Gasteiger partial charge in [0.1, 0.15) is 5.82 Å². The maximum atomic E-state index is 8.77. The highest BCUT2D eigenvalue weighted by Crippen LogP contribution is 2.25. The summed E-state index contributed by atoms with van der Waals surface area (Å²) in [5.74, 6) is 0.583. The van der Waals surface area contributed by atoms with Gasteiger partial charge in [0.2, 0.25) is 0 Å². The van der Waals surface area contributed by atoms with Gasteiger partial charge in [-0.15, -0.1) is 0 Å². The number of hydrogen-bond acceptors (Lipinski definition) is 4. The van der Waals surface area contributed by atoms with Gasteiger partial charge in [0.25, 0.3) is 0 Å². The molecule has 0 aliphatic carbocycles. The van der Waals surface area contributed by atoms with E-state index in [4.69, 9.17) is 16.9 Å². The van der Waals surface area contributed by atoms with Crippen LogP contribution in [0.4, 0.5) is 11.5 Å². The van der Waals surface area contributed by atoms with Crippen molar-refractivity contribution in [2.45, 2.75) is 0 Å². The van der Waals surface area contributed by atoms with Crippen LogP contribution in [0, 0.1) is 11.3 Å². The Kier molecular flexibility index (Phi) is 2.99. The molecule has 1 N–H and O–H groups in total. The van der Waals surface area contributed by atoms with Gasteiger partial charge < -0.3 is 5.32 Å². The molecule has 2 aromatic rings. The van der Waals surface area contributed by atoms with Crippen molar-refractivity contribution in [2.24, 2.45) is 0 Å². The highest BCUT2D eigenvalue weighted by Gasteiger charge is 2.02. The summed E-state index contributed by atoms with van der Waals surface area (Å²) >= 11 is 5.98. The number of nitrogens with one attached hydrogen (secondary N) is 1. The van der Waals surface area contributed by atoms with Crippen LogP contribution in [0.25, 0.3) is 0 Å². The number of rotatable bonds is 2. The highest BCUT2D eigenvalue weighted by atomic mass is 35.5. The van der Waals surface area contributed by atoms with Crippen molar-refractivity contribution < 1.29 is 0 Å². The fourth-order valence-corrected chi connectivity index (χ4v) is 1.36. The smallest absolute Gasteiger partial charge is 0.148 e. The van der Waals surface area contributed by atoms with E-state index in [1.165, 1.54) is 0 Å². The Morgan fingerprint density at radius 2 is 2.19 bits per heavy atom. The van der Waals surface area contributed by atoms with E-state index in [1.54, 1.807) is 36.8 Å². The lowest BCUT2D eigenvalue weighted by atomic mass is 10.2. The first-order valence-electron chi connectivity index (χ1n) is 4.52. The SMILES string of the molecule is N#Cc1ccc(Cl)c(Nc2cnccn2)c1. The number of nitriles is 1. The Labute approximate surface area is 97.5 Å². The normalized spacial score (nSPS) is 9.50. The third-order valence-electron chi connectivity index (χ3n) is 1.92.